The first-order valence-corrected chi connectivity index (χ1v) is 20.7. The third-order valence-electron chi connectivity index (χ3n) is 11.9. The molecule has 8 aromatic carbocycles. The molecule has 3 heterocycles. The van der Waals surface area contributed by atoms with Gasteiger partial charge < -0.3 is 9.13 Å². The number of para-hydroxylation sites is 2. The summed E-state index contributed by atoms with van der Waals surface area (Å²) in [5.74, 6) is 1.07. The predicted octanol–water partition coefficient (Wildman–Crippen LogP) is 14.6. The van der Waals surface area contributed by atoms with Crippen LogP contribution in [-0.4, -0.2) is 24.1 Å². The monoisotopic (exact) mass is 876 g/mol. The van der Waals surface area contributed by atoms with E-state index in [-0.39, 0.29) is 5.82 Å². The van der Waals surface area contributed by atoms with Crippen molar-refractivity contribution in [2.45, 2.75) is 12.4 Å². The number of hydrogen-bond donors (Lipinski definition) is 0. The first kappa shape index (κ1) is 40.2. The van der Waals surface area contributed by atoms with Gasteiger partial charge in [0.25, 0.3) is 0 Å². The smallest absolute Gasteiger partial charge is 0.309 e. The first-order valence-electron chi connectivity index (χ1n) is 20.7. The van der Waals surface area contributed by atoms with Crippen molar-refractivity contribution in [2.24, 2.45) is 0 Å². The number of alkyl halides is 6. The van der Waals surface area contributed by atoms with E-state index in [0.717, 1.165) is 35.4 Å². The van der Waals surface area contributed by atoms with Crippen LogP contribution in [0.25, 0.3) is 100 Å². The van der Waals surface area contributed by atoms with Crippen LogP contribution < -0.4 is 0 Å². The van der Waals surface area contributed by atoms with Crippen LogP contribution in [0.4, 0.5) is 26.3 Å². The van der Waals surface area contributed by atoms with E-state index in [9.17, 15) is 31.6 Å². The summed E-state index contributed by atoms with van der Waals surface area (Å²) in [5.41, 5.74) is 5.15. The maximum atomic E-state index is 14.2. The highest BCUT2D eigenvalue weighted by Crippen LogP contribution is 2.44. The average Bonchev–Trinajstić information content (AvgIpc) is 3.86. The molecule has 11 aromatic rings. The van der Waals surface area contributed by atoms with Crippen LogP contribution in [0.5, 0.6) is 0 Å². The van der Waals surface area contributed by atoms with Crippen LogP contribution in [0.15, 0.2) is 182 Å². The van der Waals surface area contributed by atoms with Crippen molar-refractivity contribution in [3.05, 3.63) is 199 Å². The number of halogens is 6. The highest BCUT2D eigenvalue weighted by atomic mass is 19.4. The van der Waals surface area contributed by atoms with Crippen LogP contribution >= 0.6 is 0 Å². The molecule has 3 aromatic heterocycles. The average molecular weight is 877 g/mol. The van der Waals surface area contributed by atoms with Crippen LogP contribution in [0, 0.1) is 11.3 Å². The van der Waals surface area contributed by atoms with E-state index in [1.54, 1.807) is 42.5 Å². The summed E-state index contributed by atoms with van der Waals surface area (Å²) in [6, 6.07) is 53.6. The Kier molecular flexibility index (Phi) is 9.33. The van der Waals surface area contributed by atoms with Crippen molar-refractivity contribution in [3.63, 3.8) is 0 Å². The summed E-state index contributed by atoms with van der Waals surface area (Å²) < 4.78 is 88.9. The minimum atomic E-state index is -4.59. The molecule has 0 radical (unpaired) electrons. The molecule has 0 amide bonds. The summed E-state index contributed by atoms with van der Waals surface area (Å²) in [4.78, 5) is 15.0. The first-order chi connectivity index (χ1) is 31.9. The molecule has 0 aliphatic carbocycles. The van der Waals surface area contributed by atoms with Crippen LogP contribution in [-0.2, 0) is 12.4 Å². The summed E-state index contributed by atoms with van der Waals surface area (Å²) in [6.45, 7) is 0. The number of benzene rings is 8. The zero-order valence-electron chi connectivity index (χ0n) is 34.3. The zero-order chi connectivity index (χ0) is 45.3. The van der Waals surface area contributed by atoms with Crippen molar-refractivity contribution in [1.29, 1.82) is 5.26 Å². The van der Waals surface area contributed by atoms with E-state index < -0.39 is 23.5 Å². The summed E-state index contributed by atoms with van der Waals surface area (Å²) in [5, 5.41) is 12.4. The van der Waals surface area contributed by atoms with Crippen molar-refractivity contribution in [2.75, 3.05) is 0 Å². The molecule has 0 saturated carbocycles. The Bertz CT molecular complexity index is 3690. The van der Waals surface area contributed by atoms with Crippen LogP contribution in [0.1, 0.15) is 16.7 Å². The molecule has 0 fully saturated rings. The van der Waals surface area contributed by atoms with Gasteiger partial charge in [0, 0.05) is 49.5 Å². The van der Waals surface area contributed by atoms with Gasteiger partial charge in [0.1, 0.15) is 0 Å². The Morgan fingerprint density at radius 3 is 1.42 bits per heavy atom. The Morgan fingerprint density at radius 2 is 0.879 bits per heavy atom. The van der Waals surface area contributed by atoms with Gasteiger partial charge in [-0.1, -0.05) is 97.1 Å². The molecule has 318 valence electrons. The van der Waals surface area contributed by atoms with E-state index in [0.29, 0.717) is 88.9 Å². The van der Waals surface area contributed by atoms with Gasteiger partial charge in [0.2, 0.25) is 0 Å². The van der Waals surface area contributed by atoms with Gasteiger partial charge in [-0.05, 0) is 90.5 Å². The van der Waals surface area contributed by atoms with Crippen LogP contribution in [0.3, 0.4) is 0 Å². The van der Waals surface area contributed by atoms with Gasteiger partial charge in [-0.15, -0.1) is 0 Å². The lowest BCUT2D eigenvalue weighted by Gasteiger charge is -2.19. The van der Waals surface area contributed by atoms with Crippen LogP contribution in [0.2, 0.25) is 0 Å². The predicted molar refractivity (Wildman–Crippen MR) is 245 cm³/mol. The van der Waals surface area contributed by atoms with E-state index in [1.807, 2.05) is 112 Å². The van der Waals surface area contributed by atoms with Gasteiger partial charge in [-0.2, -0.15) is 31.6 Å². The van der Waals surface area contributed by atoms with Crippen molar-refractivity contribution < 1.29 is 26.3 Å². The molecular formula is C54H30F6N6. The van der Waals surface area contributed by atoms with E-state index in [4.69, 9.17) is 15.0 Å². The van der Waals surface area contributed by atoms with Gasteiger partial charge in [-0.25, -0.2) is 15.0 Å². The molecule has 0 aliphatic heterocycles. The van der Waals surface area contributed by atoms with E-state index in [1.165, 1.54) is 12.1 Å². The van der Waals surface area contributed by atoms with Crippen molar-refractivity contribution >= 4 is 43.6 Å². The highest BCUT2D eigenvalue weighted by molar-refractivity contribution is 6.11. The normalized spacial score (nSPS) is 12.1. The molecular weight excluding hydrogens is 847 g/mol. The van der Waals surface area contributed by atoms with Crippen molar-refractivity contribution in [1.82, 2.24) is 24.1 Å². The number of hydrogen-bond acceptors (Lipinski definition) is 4. The second-order valence-electron chi connectivity index (χ2n) is 15.8. The Morgan fingerprint density at radius 1 is 0.394 bits per heavy atom. The second kappa shape index (κ2) is 15.3. The summed E-state index contributed by atoms with van der Waals surface area (Å²) in [7, 11) is 0. The van der Waals surface area contributed by atoms with Crippen molar-refractivity contribution in [3.8, 4) is 62.7 Å². The molecule has 0 N–H and O–H groups in total. The number of nitrogens with zero attached hydrogens (tertiary/aromatic N) is 6. The number of aromatic nitrogens is 5. The maximum absolute atomic E-state index is 14.2. The molecule has 0 aliphatic rings. The molecule has 6 nitrogen and oxygen atoms in total. The largest absolute Gasteiger partial charge is 0.416 e. The molecule has 0 atom stereocenters. The minimum Gasteiger partial charge on any atom is -0.309 e. The Hall–Kier alpha value is -8.56. The molecule has 0 spiro atoms. The third-order valence-corrected chi connectivity index (χ3v) is 11.9. The molecule has 11 rings (SSSR count). The summed E-state index contributed by atoms with van der Waals surface area (Å²) in [6.07, 6.45) is -9.16. The second-order valence-corrected chi connectivity index (χ2v) is 15.8. The minimum absolute atomic E-state index is 0.284. The lowest BCUT2D eigenvalue weighted by molar-refractivity contribution is -0.138. The number of fused-ring (bicyclic) bond motifs is 6. The van der Waals surface area contributed by atoms with E-state index in [2.05, 4.69) is 6.07 Å². The fourth-order valence-corrected chi connectivity index (χ4v) is 8.87. The molecule has 66 heavy (non-hydrogen) atoms. The SMILES string of the molecule is N#Cc1ccc(-n2c3ccccc3c3cc(C(F)(F)F)ccc32)c(-c2cc(-n3c4ccccc4c4cc(C(F)(F)F)ccc43)ccc2-c2nc(-c3ccccc3)nc(-c3ccccc3)n2)c1. The zero-order valence-corrected chi connectivity index (χ0v) is 34.3. The standard InChI is InChI=1S/C54H30F6N6/c55-53(56,57)35-20-25-47-43(28-35)38-15-7-9-17-45(38)65(47)37-22-23-40(52-63-50(33-11-3-1-4-12-33)62-51(64-52)34-13-5-2-6-14-34)41(30-37)42-27-32(31-61)19-24-48(42)66-46-18-10-8-16-39(46)44-29-36(54(58,59)60)21-26-49(44)66/h1-30H. The maximum Gasteiger partial charge on any atom is 0.416 e. The molecule has 0 bridgehead atoms. The van der Waals surface area contributed by atoms with Gasteiger partial charge in [0.05, 0.1) is 50.5 Å². The van der Waals surface area contributed by atoms with E-state index >= 15 is 0 Å². The topological polar surface area (TPSA) is 72.3 Å². The van der Waals surface area contributed by atoms with Gasteiger partial charge in [0.15, 0.2) is 17.5 Å². The molecule has 12 heteroatoms. The Labute approximate surface area is 371 Å². The fourth-order valence-electron chi connectivity index (χ4n) is 8.87. The molecule has 0 saturated heterocycles. The Balaban J connectivity index is 1.25. The lowest BCUT2D eigenvalue weighted by atomic mass is 9.94. The van der Waals surface area contributed by atoms with Gasteiger partial charge in [-0.3, -0.25) is 0 Å². The quantitative estimate of drug-likeness (QED) is 0.156. The fraction of sp³-hybridized carbons (Fsp3) is 0.0370. The lowest BCUT2D eigenvalue weighted by Crippen LogP contribution is -2.05. The molecule has 0 unspecified atom stereocenters. The number of nitriles is 1. The highest BCUT2D eigenvalue weighted by Gasteiger charge is 2.33. The number of rotatable bonds is 6. The third kappa shape index (κ3) is 6.80. The van der Waals surface area contributed by atoms with Gasteiger partial charge >= 0.3 is 12.4 Å². The summed E-state index contributed by atoms with van der Waals surface area (Å²) >= 11 is 0.